The van der Waals surface area contributed by atoms with E-state index in [0.29, 0.717) is 4.99 Å². The fourth-order valence-electron chi connectivity index (χ4n) is 2.42. The molecule has 0 unspecified atom stereocenters. The van der Waals surface area contributed by atoms with Gasteiger partial charge in [0.2, 0.25) is 0 Å². The van der Waals surface area contributed by atoms with Crippen molar-refractivity contribution in [2.75, 3.05) is 11.9 Å². The summed E-state index contributed by atoms with van der Waals surface area (Å²) >= 11 is 5.13. The highest BCUT2D eigenvalue weighted by atomic mass is 32.1. The van der Waals surface area contributed by atoms with Gasteiger partial charge in [0, 0.05) is 12.2 Å². The highest BCUT2D eigenvalue weighted by Gasteiger charge is 2.10. The Hall–Kier alpha value is -1.94. The van der Waals surface area contributed by atoms with Crippen molar-refractivity contribution in [2.24, 2.45) is 5.73 Å². The van der Waals surface area contributed by atoms with Gasteiger partial charge in [-0.2, -0.15) is 0 Å². The zero-order chi connectivity index (χ0) is 15.2. The van der Waals surface area contributed by atoms with Gasteiger partial charge in [0.1, 0.15) is 10.8 Å². The highest BCUT2D eigenvalue weighted by molar-refractivity contribution is 7.80. The molecule has 0 bridgehead atoms. The van der Waals surface area contributed by atoms with Gasteiger partial charge >= 0.3 is 0 Å². The molecule has 21 heavy (non-hydrogen) atoms. The van der Waals surface area contributed by atoms with Crippen molar-refractivity contribution in [1.82, 2.24) is 4.98 Å². The van der Waals surface area contributed by atoms with Crippen molar-refractivity contribution in [2.45, 2.75) is 26.7 Å². The van der Waals surface area contributed by atoms with Crippen LogP contribution >= 0.6 is 12.2 Å². The number of anilines is 1. The molecule has 0 amide bonds. The average Bonchev–Trinajstić information content (AvgIpc) is 2.43. The lowest BCUT2D eigenvalue weighted by atomic mass is 10.1. The molecular formula is C17H21N3S. The van der Waals surface area contributed by atoms with Crippen LogP contribution in [-0.4, -0.2) is 16.5 Å². The third-order valence-electron chi connectivity index (χ3n) is 3.37. The normalized spacial score (nSPS) is 10.4. The molecule has 3 nitrogen and oxygen atoms in total. The minimum absolute atomic E-state index is 0.394. The van der Waals surface area contributed by atoms with Crippen molar-refractivity contribution >= 4 is 23.0 Å². The number of hydrogen-bond donors (Lipinski definition) is 2. The van der Waals surface area contributed by atoms with E-state index in [1.54, 1.807) is 0 Å². The van der Waals surface area contributed by atoms with Crippen LogP contribution in [0, 0.1) is 13.8 Å². The van der Waals surface area contributed by atoms with Crippen molar-refractivity contribution in [3.8, 4) is 0 Å². The van der Waals surface area contributed by atoms with E-state index in [-0.39, 0.29) is 0 Å². The molecule has 2 aromatic rings. The summed E-state index contributed by atoms with van der Waals surface area (Å²) in [4.78, 5) is 4.92. The zero-order valence-corrected chi connectivity index (χ0v) is 13.3. The van der Waals surface area contributed by atoms with Gasteiger partial charge in [-0.25, -0.2) is 4.98 Å². The number of benzene rings is 1. The smallest absolute Gasteiger partial charge is 0.136 e. The zero-order valence-electron chi connectivity index (χ0n) is 12.5. The second kappa shape index (κ2) is 7.18. The summed E-state index contributed by atoms with van der Waals surface area (Å²) in [5.74, 6) is 0.799. The van der Waals surface area contributed by atoms with E-state index >= 15 is 0 Å². The van der Waals surface area contributed by atoms with Crippen LogP contribution in [0.3, 0.4) is 0 Å². The van der Waals surface area contributed by atoms with Crippen LogP contribution in [0.25, 0.3) is 0 Å². The van der Waals surface area contributed by atoms with Gasteiger partial charge in [0.25, 0.3) is 0 Å². The lowest BCUT2D eigenvalue weighted by molar-refractivity contribution is 0.857. The Morgan fingerprint density at radius 3 is 2.62 bits per heavy atom. The quantitative estimate of drug-likeness (QED) is 0.634. The van der Waals surface area contributed by atoms with E-state index in [9.17, 15) is 0 Å². The molecule has 3 N–H and O–H groups in total. The maximum Gasteiger partial charge on any atom is 0.136 e. The first-order valence-corrected chi connectivity index (χ1v) is 7.54. The van der Waals surface area contributed by atoms with E-state index in [0.717, 1.165) is 42.0 Å². The topological polar surface area (TPSA) is 50.9 Å². The molecule has 4 heteroatoms. The molecule has 0 aliphatic carbocycles. The number of hydrogen-bond acceptors (Lipinski definition) is 3. The molecule has 1 aromatic heterocycles. The summed E-state index contributed by atoms with van der Waals surface area (Å²) in [6.07, 6.45) is 2.08. The molecule has 1 heterocycles. The van der Waals surface area contributed by atoms with E-state index < -0.39 is 0 Å². The first kappa shape index (κ1) is 15.4. The molecule has 110 valence electrons. The molecule has 0 fully saturated rings. The van der Waals surface area contributed by atoms with Gasteiger partial charge in [0.05, 0.1) is 5.56 Å². The first-order valence-electron chi connectivity index (χ1n) is 7.14. The lowest BCUT2D eigenvalue weighted by Crippen LogP contribution is -2.17. The van der Waals surface area contributed by atoms with Crippen LogP contribution in [0.4, 0.5) is 5.82 Å². The summed E-state index contributed by atoms with van der Waals surface area (Å²) in [6.45, 7) is 4.84. The molecule has 0 aliphatic rings. The molecule has 0 saturated heterocycles. The van der Waals surface area contributed by atoms with Gasteiger partial charge in [-0.1, -0.05) is 42.5 Å². The van der Waals surface area contributed by atoms with Crippen molar-refractivity contribution in [1.29, 1.82) is 0 Å². The third kappa shape index (κ3) is 4.26. The van der Waals surface area contributed by atoms with Crippen molar-refractivity contribution in [3.05, 3.63) is 58.8 Å². The minimum atomic E-state index is 0.394. The molecule has 2 rings (SSSR count). The van der Waals surface area contributed by atoms with Gasteiger partial charge in [-0.05, 0) is 43.9 Å². The third-order valence-corrected chi connectivity index (χ3v) is 3.57. The Kier molecular flexibility index (Phi) is 5.28. The molecule has 0 radical (unpaired) electrons. The van der Waals surface area contributed by atoms with E-state index in [1.807, 2.05) is 26.0 Å². The van der Waals surface area contributed by atoms with Crippen LogP contribution in [0.15, 0.2) is 36.4 Å². The molecule has 0 atom stereocenters. The number of pyridine rings is 1. The fourth-order valence-corrected chi connectivity index (χ4v) is 2.68. The van der Waals surface area contributed by atoms with Gasteiger partial charge < -0.3 is 11.1 Å². The maximum absolute atomic E-state index is 5.81. The average molecular weight is 299 g/mol. The fraction of sp³-hybridized carbons (Fsp3) is 0.294. The summed E-state index contributed by atoms with van der Waals surface area (Å²) in [6, 6.07) is 12.5. The SMILES string of the molecule is Cc1cc(C)c(C(N)=S)c(NCCCc2ccccc2)n1. The number of nitrogens with one attached hydrogen (secondary N) is 1. The first-order chi connectivity index (χ1) is 10.1. The minimum Gasteiger partial charge on any atom is -0.389 e. The number of thiocarbonyl (C=S) groups is 1. The number of aromatic nitrogens is 1. The van der Waals surface area contributed by atoms with Gasteiger partial charge in [-0.15, -0.1) is 0 Å². The van der Waals surface area contributed by atoms with Crippen molar-refractivity contribution in [3.63, 3.8) is 0 Å². The monoisotopic (exact) mass is 299 g/mol. The largest absolute Gasteiger partial charge is 0.389 e. The molecule has 0 spiro atoms. The van der Waals surface area contributed by atoms with Crippen LogP contribution < -0.4 is 11.1 Å². The van der Waals surface area contributed by atoms with Crippen LogP contribution in [-0.2, 0) is 6.42 Å². The Labute approximate surface area is 131 Å². The predicted molar refractivity (Wildman–Crippen MR) is 92.9 cm³/mol. The summed E-state index contributed by atoms with van der Waals surface area (Å²) in [5, 5.41) is 3.37. The van der Waals surface area contributed by atoms with E-state index in [4.69, 9.17) is 18.0 Å². The van der Waals surface area contributed by atoms with Crippen LogP contribution in [0.1, 0.15) is 28.8 Å². The number of nitrogens with zero attached hydrogens (tertiary/aromatic N) is 1. The Bertz CT molecular complexity index is 623. The molecule has 0 aliphatic heterocycles. The van der Waals surface area contributed by atoms with Crippen LogP contribution in [0.5, 0.6) is 0 Å². The Balaban J connectivity index is 1.98. The summed E-state index contributed by atoms with van der Waals surface area (Å²) < 4.78 is 0. The van der Waals surface area contributed by atoms with Gasteiger partial charge in [0.15, 0.2) is 0 Å². The number of nitrogens with two attached hydrogens (primary N) is 1. The predicted octanol–water partition coefficient (Wildman–Crippen LogP) is 3.38. The molecular weight excluding hydrogens is 278 g/mol. The van der Waals surface area contributed by atoms with Crippen molar-refractivity contribution < 1.29 is 0 Å². The molecule has 0 saturated carbocycles. The Morgan fingerprint density at radius 1 is 1.24 bits per heavy atom. The second-order valence-electron chi connectivity index (χ2n) is 5.18. The van der Waals surface area contributed by atoms with Crippen LogP contribution in [0.2, 0.25) is 0 Å². The lowest BCUT2D eigenvalue weighted by Gasteiger charge is -2.13. The number of rotatable bonds is 6. The summed E-state index contributed by atoms with van der Waals surface area (Å²) in [5.41, 5.74) is 10.1. The van der Waals surface area contributed by atoms with E-state index in [1.165, 1.54) is 5.56 Å². The van der Waals surface area contributed by atoms with Gasteiger partial charge in [-0.3, -0.25) is 0 Å². The standard InChI is InChI=1S/C17H21N3S/c1-12-11-13(2)20-17(15(12)16(18)21)19-10-6-9-14-7-4-3-5-8-14/h3-5,7-8,11H,6,9-10H2,1-2H3,(H2,18,21)(H,19,20). The molecule has 1 aromatic carbocycles. The number of aryl methyl sites for hydroxylation is 3. The van der Waals surface area contributed by atoms with E-state index in [2.05, 4.69) is 34.6 Å². The summed E-state index contributed by atoms with van der Waals surface area (Å²) in [7, 11) is 0. The maximum atomic E-state index is 5.81. The Morgan fingerprint density at radius 2 is 1.95 bits per heavy atom. The highest BCUT2D eigenvalue weighted by Crippen LogP contribution is 2.18. The second-order valence-corrected chi connectivity index (χ2v) is 5.62.